The molecule has 0 aliphatic heterocycles. The zero-order chi connectivity index (χ0) is 35.8. The number of hydrogen-bond acceptors (Lipinski definition) is 4. The van der Waals surface area contributed by atoms with Gasteiger partial charge < -0.3 is 13.4 Å². The van der Waals surface area contributed by atoms with Gasteiger partial charge in [-0.2, -0.15) is 0 Å². The van der Waals surface area contributed by atoms with E-state index >= 15 is 0 Å². The molecule has 4 heterocycles. The summed E-state index contributed by atoms with van der Waals surface area (Å²) in [6.07, 6.45) is 0. The Labute approximate surface area is 312 Å². The van der Waals surface area contributed by atoms with Crippen molar-refractivity contribution < 1.29 is 8.83 Å². The number of benzene rings is 9. The van der Waals surface area contributed by atoms with Crippen LogP contribution in [-0.2, 0) is 0 Å². The molecule has 0 radical (unpaired) electrons. The summed E-state index contributed by atoms with van der Waals surface area (Å²) in [6, 6.07) is 57.5. The molecule has 0 bridgehead atoms. The maximum Gasteiger partial charge on any atom is 0.144 e. The lowest BCUT2D eigenvalue weighted by atomic mass is 9.96. The SMILES string of the molecule is c1ccc2nc(-c3cccc4c3oc3ccccc34)c(-c3ccc(-n4c5ccc6cccc7oc8cccc9ccc4c(c98)c5c67)c4ccccc34)nc2c1. The zero-order valence-electron chi connectivity index (χ0n) is 29.2. The minimum atomic E-state index is 0.790. The molecule has 0 saturated carbocycles. The van der Waals surface area contributed by atoms with E-state index in [9.17, 15) is 0 Å². The molecule has 0 atom stereocenters. The maximum atomic E-state index is 6.69. The smallest absolute Gasteiger partial charge is 0.144 e. The van der Waals surface area contributed by atoms with Crippen LogP contribution < -0.4 is 0 Å². The lowest BCUT2D eigenvalue weighted by Crippen LogP contribution is -1.99. The summed E-state index contributed by atoms with van der Waals surface area (Å²) in [4.78, 5) is 10.7. The molecule has 0 aliphatic rings. The normalized spacial score (nSPS) is 12.4. The molecule has 4 aromatic heterocycles. The van der Waals surface area contributed by atoms with Crippen molar-refractivity contribution in [3.63, 3.8) is 0 Å². The van der Waals surface area contributed by atoms with Gasteiger partial charge in [0.25, 0.3) is 0 Å². The second kappa shape index (κ2) is 10.6. The van der Waals surface area contributed by atoms with E-state index in [4.69, 9.17) is 18.8 Å². The second-order valence-corrected chi connectivity index (χ2v) is 14.4. The number of hydrogen-bond donors (Lipinski definition) is 0. The van der Waals surface area contributed by atoms with E-state index < -0.39 is 0 Å². The third-order valence-corrected chi connectivity index (χ3v) is 11.5. The summed E-state index contributed by atoms with van der Waals surface area (Å²) in [5.74, 6) is 0. The fourth-order valence-corrected chi connectivity index (χ4v) is 9.22. The van der Waals surface area contributed by atoms with Gasteiger partial charge in [0.1, 0.15) is 28.0 Å². The predicted octanol–water partition coefficient (Wildman–Crippen LogP) is 13.6. The van der Waals surface area contributed by atoms with Crippen LogP contribution in [0.5, 0.6) is 0 Å². The highest BCUT2D eigenvalue weighted by atomic mass is 16.3. The van der Waals surface area contributed by atoms with E-state index in [-0.39, 0.29) is 0 Å². The summed E-state index contributed by atoms with van der Waals surface area (Å²) in [6.45, 7) is 0. The molecule has 0 unspecified atom stereocenters. The summed E-state index contributed by atoms with van der Waals surface area (Å²) in [5.41, 5.74) is 12.0. The van der Waals surface area contributed by atoms with Gasteiger partial charge in [-0.05, 0) is 76.8 Å². The molecular weight excluding hydrogens is 675 g/mol. The zero-order valence-corrected chi connectivity index (χ0v) is 29.2. The number of nitrogens with zero attached hydrogens (tertiary/aromatic N) is 3. The van der Waals surface area contributed by atoms with Crippen LogP contribution in [0.4, 0.5) is 0 Å². The van der Waals surface area contributed by atoms with E-state index in [0.717, 1.165) is 116 Å². The Kier molecular flexibility index (Phi) is 5.57. The van der Waals surface area contributed by atoms with E-state index in [0.29, 0.717) is 0 Å². The minimum Gasteiger partial charge on any atom is -0.456 e. The van der Waals surface area contributed by atoms with Crippen molar-refractivity contribution >= 4 is 98.3 Å². The quantitative estimate of drug-likeness (QED) is 0.184. The highest BCUT2D eigenvalue weighted by Crippen LogP contribution is 2.47. The highest BCUT2D eigenvalue weighted by Gasteiger charge is 2.24. The van der Waals surface area contributed by atoms with E-state index in [1.54, 1.807) is 0 Å². The number of furan rings is 1. The third-order valence-electron chi connectivity index (χ3n) is 11.5. The Bertz CT molecular complexity index is 3630. The molecule has 13 rings (SSSR count). The van der Waals surface area contributed by atoms with Crippen LogP contribution in [0.3, 0.4) is 0 Å². The molecule has 0 fully saturated rings. The monoisotopic (exact) mass is 701 g/mol. The molecule has 0 spiro atoms. The standard InChI is InChI=1S/C50H27N3O2/c1-2-13-31-30(12-1)33(48-49(52-37-18-5-4-17-36(37)51-48)35-16-9-15-34-32-14-3-6-19-41(32)55-50(34)35)24-27-38(31)53-39-25-22-28-10-7-20-42-44(28)46(39)47-40(53)26-23-29-11-8-21-43(54-42)45(29)47/h1-27H. The van der Waals surface area contributed by atoms with Crippen molar-refractivity contribution in [2.75, 3.05) is 0 Å². The molecule has 0 aliphatic carbocycles. The Morgan fingerprint density at radius 3 is 1.64 bits per heavy atom. The fraction of sp³-hybridized carbons (Fsp3) is 0. The lowest BCUT2D eigenvalue weighted by molar-refractivity contribution is 0.664. The molecule has 0 amide bonds. The van der Waals surface area contributed by atoms with Gasteiger partial charge in [0, 0.05) is 48.8 Å². The van der Waals surface area contributed by atoms with Crippen LogP contribution >= 0.6 is 0 Å². The highest BCUT2D eigenvalue weighted by molar-refractivity contribution is 6.34. The van der Waals surface area contributed by atoms with Gasteiger partial charge in [0.2, 0.25) is 0 Å². The van der Waals surface area contributed by atoms with E-state index in [2.05, 4.69) is 132 Å². The Morgan fingerprint density at radius 2 is 0.927 bits per heavy atom. The van der Waals surface area contributed by atoms with Gasteiger partial charge in [0.15, 0.2) is 0 Å². The van der Waals surface area contributed by atoms with Crippen molar-refractivity contribution in [3.8, 4) is 28.2 Å². The molecule has 55 heavy (non-hydrogen) atoms. The second-order valence-electron chi connectivity index (χ2n) is 14.4. The first-order valence-electron chi connectivity index (χ1n) is 18.6. The van der Waals surface area contributed by atoms with E-state index in [1.807, 2.05) is 36.4 Å². The van der Waals surface area contributed by atoms with Crippen molar-refractivity contribution in [1.82, 2.24) is 14.5 Å². The van der Waals surface area contributed by atoms with Crippen LogP contribution in [0, 0.1) is 0 Å². The van der Waals surface area contributed by atoms with Crippen LogP contribution in [0.25, 0.3) is 126 Å². The first kappa shape index (κ1) is 29.0. The van der Waals surface area contributed by atoms with Gasteiger partial charge in [-0.3, -0.25) is 0 Å². The van der Waals surface area contributed by atoms with Gasteiger partial charge in [0.05, 0.1) is 33.4 Å². The maximum absolute atomic E-state index is 6.69. The molecule has 0 saturated heterocycles. The Hall–Kier alpha value is -7.50. The number of fused-ring (bicyclic) bond motifs is 5. The largest absolute Gasteiger partial charge is 0.456 e. The van der Waals surface area contributed by atoms with Gasteiger partial charge in [-0.25, -0.2) is 9.97 Å². The Morgan fingerprint density at radius 1 is 0.364 bits per heavy atom. The number of para-hydroxylation sites is 4. The van der Waals surface area contributed by atoms with Crippen LogP contribution in [0.1, 0.15) is 0 Å². The molecule has 5 nitrogen and oxygen atoms in total. The molecule has 13 aromatic rings. The van der Waals surface area contributed by atoms with Crippen LogP contribution in [-0.4, -0.2) is 14.5 Å². The fourth-order valence-electron chi connectivity index (χ4n) is 9.22. The molecule has 9 aromatic carbocycles. The first-order valence-corrected chi connectivity index (χ1v) is 18.6. The molecule has 5 heteroatoms. The van der Waals surface area contributed by atoms with Crippen LogP contribution in [0.2, 0.25) is 0 Å². The average molecular weight is 702 g/mol. The van der Waals surface area contributed by atoms with Crippen LogP contribution in [0.15, 0.2) is 173 Å². The lowest BCUT2D eigenvalue weighted by Gasteiger charge is -2.17. The van der Waals surface area contributed by atoms with Crippen molar-refractivity contribution in [2.45, 2.75) is 0 Å². The third kappa shape index (κ3) is 3.86. The summed E-state index contributed by atoms with van der Waals surface area (Å²) < 4.78 is 15.7. The van der Waals surface area contributed by atoms with Gasteiger partial charge in [-0.15, -0.1) is 0 Å². The van der Waals surface area contributed by atoms with Crippen molar-refractivity contribution in [1.29, 1.82) is 0 Å². The average Bonchev–Trinajstić information content (AvgIpc) is 3.74. The Balaban J connectivity index is 1.13. The summed E-state index contributed by atoms with van der Waals surface area (Å²) in [5, 5.41) is 11.4. The first-order chi connectivity index (χ1) is 27.3. The topological polar surface area (TPSA) is 57.0 Å². The van der Waals surface area contributed by atoms with Crippen molar-refractivity contribution in [2.24, 2.45) is 0 Å². The predicted molar refractivity (Wildman–Crippen MR) is 226 cm³/mol. The van der Waals surface area contributed by atoms with Gasteiger partial charge >= 0.3 is 0 Å². The van der Waals surface area contributed by atoms with Crippen molar-refractivity contribution in [3.05, 3.63) is 164 Å². The summed E-state index contributed by atoms with van der Waals surface area (Å²) in [7, 11) is 0. The molecule has 0 N–H and O–H groups in total. The van der Waals surface area contributed by atoms with E-state index in [1.165, 1.54) is 10.8 Å². The van der Waals surface area contributed by atoms with Gasteiger partial charge in [-0.1, -0.05) is 103 Å². The summed E-state index contributed by atoms with van der Waals surface area (Å²) >= 11 is 0. The number of aromatic nitrogens is 3. The molecule has 254 valence electrons. The minimum absolute atomic E-state index is 0.790. The molecular formula is C50H27N3O2. The number of rotatable bonds is 3.